The summed E-state index contributed by atoms with van der Waals surface area (Å²) < 4.78 is 7.27. The van der Waals surface area contributed by atoms with Gasteiger partial charge in [0.15, 0.2) is 10.8 Å². The normalized spacial score (nSPS) is 11.0. The summed E-state index contributed by atoms with van der Waals surface area (Å²) in [6.07, 6.45) is 0.978. The zero-order chi connectivity index (χ0) is 20.4. The second-order valence-electron chi connectivity index (χ2n) is 6.99. The van der Waals surface area contributed by atoms with Crippen LogP contribution in [0.1, 0.15) is 33.2 Å². The van der Waals surface area contributed by atoms with Crippen LogP contribution in [0.2, 0.25) is 0 Å². The zero-order valence-corrected chi connectivity index (χ0v) is 17.4. The molecule has 0 saturated carbocycles. The quantitative estimate of drug-likeness (QED) is 0.488. The molecule has 0 aliphatic carbocycles. The van der Waals surface area contributed by atoms with Crippen molar-refractivity contribution in [2.75, 3.05) is 5.32 Å². The number of aromatic nitrogens is 3. The fraction of sp³-hybridized carbons (Fsp3) is 0.227. The van der Waals surface area contributed by atoms with E-state index in [1.807, 2.05) is 11.4 Å². The maximum absolute atomic E-state index is 12.2. The van der Waals surface area contributed by atoms with Gasteiger partial charge >= 0.3 is 0 Å². The molecule has 0 bridgehead atoms. The molecule has 0 atom stereocenters. The molecule has 0 radical (unpaired) electrons. The zero-order valence-electron chi connectivity index (χ0n) is 16.6. The second kappa shape index (κ2) is 8.05. The Morgan fingerprint density at radius 3 is 2.69 bits per heavy atom. The smallest absolute Gasteiger partial charge is 0.279 e. The van der Waals surface area contributed by atoms with Gasteiger partial charge in [0.2, 0.25) is 0 Å². The molecule has 148 valence electrons. The Hall–Kier alpha value is -3.19. The maximum atomic E-state index is 12.2. The number of carbonyl (C=O) groups excluding carboxylic acids is 1. The predicted molar refractivity (Wildman–Crippen MR) is 114 cm³/mol. The fourth-order valence-corrected chi connectivity index (χ4v) is 4.09. The third-order valence-electron chi connectivity index (χ3n) is 4.90. The van der Waals surface area contributed by atoms with Crippen LogP contribution in [0.25, 0.3) is 11.3 Å². The van der Waals surface area contributed by atoms with E-state index in [0.717, 1.165) is 24.2 Å². The number of hydrogen-bond acceptors (Lipinski definition) is 5. The summed E-state index contributed by atoms with van der Waals surface area (Å²) in [5.74, 6) is 0.272. The summed E-state index contributed by atoms with van der Waals surface area (Å²) in [4.78, 5) is 16.8. The molecule has 3 aromatic heterocycles. The van der Waals surface area contributed by atoms with Crippen molar-refractivity contribution in [2.24, 2.45) is 0 Å². The highest BCUT2D eigenvalue weighted by molar-refractivity contribution is 7.14. The van der Waals surface area contributed by atoms with Crippen LogP contribution in [0.15, 0.2) is 52.4 Å². The molecule has 0 spiro atoms. The molecule has 1 N–H and O–H groups in total. The van der Waals surface area contributed by atoms with Crippen molar-refractivity contribution < 1.29 is 9.32 Å². The summed E-state index contributed by atoms with van der Waals surface area (Å²) in [6, 6.07) is 14.2. The van der Waals surface area contributed by atoms with Crippen molar-refractivity contribution in [1.82, 2.24) is 14.7 Å². The van der Waals surface area contributed by atoms with Crippen LogP contribution >= 0.6 is 11.3 Å². The number of nitrogens with one attached hydrogen (secondary N) is 1. The topological polar surface area (TPSA) is 73.0 Å². The van der Waals surface area contributed by atoms with E-state index in [1.54, 1.807) is 13.0 Å². The average molecular weight is 407 g/mol. The molecule has 0 saturated heterocycles. The highest BCUT2D eigenvalue weighted by Crippen LogP contribution is 2.30. The Kier molecular flexibility index (Phi) is 5.31. The van der Waals surface area contributed by atoms with Gasteiger partial charge < -0.3 is 9.09 Å². The molecule has 0 fully saturated rings. The lowest BCUT2D eigenvalue weighted by Gasteiger charge is -2.09. The lowest BCUT2D eigenvalue weighted by molar-refractivity contribution is 0.101. The predicted octanol–water partition coefficient (Wildman–Crippen LogP) is 5.02. The van der Waals surface area contributed by atoms with Gasteiger partial charge in [0.25, 0.3) is 5.91 Å². The van der Waals surface area contributed by atoms with E-state index >= 15 is 0 Å². The van der Waals surface area contributed by atoms with Gasteiger partial charge in [-0.2, -0.15) is 0 Å². The molecule has 0 unspecified atom stereocenters. The van der Waals surface area contributed by atoms with E-state index in [9.17, 15) is 4.79 Å². The number of carbonyl (C=O) groups is 1. The fourth-order valence-electron chi connectivity index (χ4n) is 3.38. The third-order valence-corrected chi connectivity index (χ3v) is 5.66. The molecule has 3 heterocycles. The Bertz CT molecular complexity index is 1140. The molecular formula is C22H22N4O2S. The van der Waals surface area contributed by atoms with Crippen LogP contribution in [0.5, 0.6) is 0 Å². The lowest BCUT2D eigenvalue weighted by atomic mass is 10.1. The Labute approximate surface area is 173 Å². The van der Waals surface area contributed by atoms with Gasteiger partial charge in [-0.25, -0.2) is 4.98 Å². The van der Waals surface area contributed by atoms with Gasteiger partial charge in [0, 0.05) is 34.9 Å². The maximum Gasteiger partial charge on any atom is 0.279 e. The minimum absolute atomic E-state index is 0.248. The van der Waals surface area contributed by atoms with Gasteiger partial charge in [-0.1, -0.05) is 35.5 Å². The highest BCUT2D eigenvalue weighted by atomic mass is 32.1. The van der Waals surface area contributed by atoms with Crippen LogP contribution in [-0.4, -0.2) is 20.6 Å². The second-order valence-corrected chi connectivity index (χ2v) is 7.84. The first-order chi connectivity index (χ1) is 14.0. The summed E-state index contributed by atoms with van der Waals surface area (Å²) in [6.45, 7) is 6.90. The molecule has 7 heteroatoms. The molecule has 1 amide bonds. The Balaban J connectivity index is 1.50. The summed E-state index contributed by atoms with van der Waals surface area (Å²) in [5.41, 5.74) is 5.89. The van der Waals surface area contributed by atoms with Crippen molar-refractivity contribution >= 4 is 22.4 Å². The van der Waals surface area contributed by atoms with E-state index in [4.69, 9.17) is 4.52 Å². The van der Waals surface area contributed by atoms with Crippen molar-refractivity contribution in [3.05, 3.63) is 76.3 Å². The van der Waals surface area contributed by atoms with E-state index in [2.05, 4.69) is 64.2 Å². The monoisotopic (exact) mass is 406 g/mol. The number of benzene rings is 1. The number of thiazole rings is 1. The van der Waals surface area contributed by atoms with Crippen LogP contribution in [0, 0.1) is 20.8 Å². The lowest BCUT2D eigenvalue weighted by Crippen LogP contribution is -2.11. The molecule has 4 rings (SSSR count). The first kappa shape index (κ1) is 19.1. The van der Waals surface area contributed by atoms with Crippen molar-refractivity contribution in [1.29, 1.82) is 0 Å². The highest BCUT2D eigenvalue weighted by Gasteiger charge is 2.16. The first-order valence-corrected chi connectivity index (χ1v) is 10.3. The molecule has 29 heavy (non-hydrogen) atoms. The van der Waals surface area contributed by atoms with Gasteiger partial charge in [0.05, 0.1) is 5.69 Å². The van der Waals surface area contributed by atoms with E-state index in [0.29, 0.717) is 10.9 Å². The third kappa shape index (κ3) is 4.14. The Morgan fingerprint density at radius 1 is 1.17 bits per heavy atom. The van der Waals surface area contributed by atoms with Crippen LogP contribution < -0.4 is 5.32 Å². The Morgan fingerprint density at radius 2 is 1.97 bits per heavy atom. The minimum Gasteiger partial charge on any atom is -0.361 e. The largest absolute Gasteiger partial charge is 0.361 e. The van der Waals surface area contributed by atoms with Gasteiger partial charge in [-0.15, -0.1) is 11.3 Å². The molecule has 0 aliphatic heterocycles. The van der Waals surface area contributed by atoms with Gasteiger partial charge in [-0.3, -0.25) is 10.1 Å². The average Bonchev–Trinajstić information content (AvgIpc) is 3.41. The number of amides is 1. The minimum atomic E-state index is -0.323. The molecule has 0 aliphatic rings. The summed E-state index contributed by atoms with van der Waals surface area (Å²) >= 11 is 1.40. The number of anilines is 1. The van der Waals surface area contributed by atoms with Crippen LogP contribution in [0.3, 0.4) is 0 Å². The number of aryl methyl sites for hydroxylation is 3. The van der Waals surface area contributed by atoms with E-state index in [-0.39, 0.29) is 11.6 Å². The molecular weight excluding hydrogens is 384 g/mol. The van der Waals surface area contributed by atoms with E-state index < -0.39 is 0 Å². The van der Waals surface area contributed by atoms with Gasteiger partial charge in [-0.05, 0) is 38.8 Å². The first-order valence-electron chi connectivity index (χ1n) is 9.42. The standard InChI is InChI=1S/C22H22N4O2S/c1-14-11-18(16(3)26(14)10-9-17-7-5-4-6-8-17)20-13-29-22(23-20)24-21(27)19-12-15(2)28-25-19/h4-8,11-13H,9-10H2,1-3H3,(H,23,24,27). The van der Waals surface area contributed by atoms with Crippen LogP contribution in [0.4, 0.5) is 5.13 Å². The summed E-state index contributed by atoms with van der Waals surface area (Å²) in [5, 5.41) is 9.03. The van der Waals surface area contributed by atoms with Gasteiger partial charge in [0.1, 0.15) is 5.76 Å². The van der Waals surface area contributed by atoms with Crippen molar-refractivity contribution in [3.8, 4) is 11.3 Å². The molecule has 4 aromatic rings. The van der Waals surface area contributed by atoms with Crippen molar-refractivity contribution in [2.45, 2.75) is 33.7 Å². The molecule has 6 nitrogen and oxygen atoms in total. The number of nitrogens with zero attached hydrogens (tertiary/aromatic N) is 3. The number of hydrogen-bond donors (Lipinski definition) is 1. The van der Waals surface area contributed by atoms with Crippen molar-refractivity contribution in [3.63, 3.8) is 0 Å². The summed E-state index contributed by atoms with van der Waals surface area (Å²) in [7, 11) is 0. The van der Waals surface area contributed by atoms with Crippen LogP contribution in [-0.2, 0) is 13.0 Å². The van der Waals surface area contributed by atoms with E-state index in [1.165, 1.54) is 28.3 Å². The number of rotatable bonds is 6. The SMILES string of the molecule is Cc1cc(C(=O)Nc2nc(-c3cc(C)n(CCc4ccccc4)c3C)cs2)no1. The molecule has 1 aromatic carbocycles.